The lowest BCUT2D eigenvalue weighted by Gasteiger charge is -2.23. The number of carbonyl (C=O) groups is 1. The molecule has 1 unspecified atom stereocenters. The summed E-state index contributed by atoms with van der Waals surface area (Å²) in [4.78, 5) is 16.5. The van der Waals surface area contributed by atoms with E-state index in [1.165, 1.54) is 0 Å². The highest BCUT2D eigenvalue weighted by molar-refractivity contribution is 5.95. The van der Waals surface area contributed by atoms with E-state index in [4.69, 9.17) is 9.47 Å². The summed E-state index contributed by atoms with van der Waals surface area (Å²) in [5, 5.41) is 0. The number of benzene rings is 1. The largest absolute Gasteiger partial charge is 0.477 e. The van der Waals surface area contributed by atoms with Crippen LogP contribution in [0.15, 0.2) is 46.8 Å². The first-order chi connectivity index (χ1) is 10.7. The normalized spacial score (nSPS) is 19.1. The van der Waals surface area contributed by atoms with Crippen molar-refractivity contribution in [3.05, 3.63) is 47.4 Å². The molecule has 1 aliphatic rings. The fourth-order valence-corrected chi connectivity index (χ4v) is 2.42. The van der Waals surface area contributed by atoms with Crippen LogP contribution < -0.4 is 0 Å². The molecule has 0 spiro atoms. The highest BCUT2D eigenvalue weighted by Gasteiger charge is 2.28. The van der Waals surface area contributed by atoms with Crippen molar-refractivity contribution in [1.29, 1.82) is 0 Å². The van der Waals surface area contributed by atoms with Gasteiger partial charge in [-0.3, -0.25) is 4.79 Å². The summed E-state index contributed by atoms with van der Waals surface area (Å²) in [6.07, 6.45) is 2.33. The lowest BCUT2D eigenvalue weighted by atomic mass is 9.94. The smallest absolute Gasteiger partial charge is 0.315 e. The first-order valence-corrected chi connectivity index (χ1v) is 7.90. The second-order valence-electron chi connectivity index (χ2n) is 5.21. The van der Waals surface area contributed by atoms with Crippen molar-refractivity contribution in [2.45, 2.75) is 40.0 Å². The number of aliphatic imine (C=N–C) groups is 1. The minimum absolute atomic E-state index is 0.0545. The molecule has 1 aliphatic heterocycles. The van der Waals surface area contributed by atoms with Crippen LogP contribution in [0.3, 0.4) is 0 Å². The maximum atomic E-state index is 12.0. The van der Waals surface area contributed by atoms with Crippen molar-refractivity contribution >= 4 is 11.9 Å². The van der Waals surface area contributed by atoms with Gasteiger partial charge in [0, 0.05) is 5.56 Å². The van der Waals surface area contributed by atoms with Gasteiger partial charge < -0.3 is 9.47 Å². The highest BCUT2D eigenvalue weighted by Crippen LogP contribution is 2.30. The number of rotatable bonds is 5. The van der Waals surface area contributed by atoms with Crippen molar-refractivity contribution in [3.8, 4) is 0 Å². The molecule has 4 nitrogen and oxygen atoms in total. The number of hydrogen-bond donors (Lipinski definition) is 0. The first-order valence-electron chi connectivity index (χ1n) is 7.90. The van der Waals surface area contributed by atoms with Crippen LogP contribution in [0.4, 0.5) is 0 Å². The summed E-state index contributed by atoms with van der Waals surface area (Å²) in [7, 11) is 0. The number of ether oxygens (including phenoxy) is 2. The third-order valence-corrected chi connectivity index (χ3v) is 3.75. The zero-order valence-electron chi connectivity index (χ0n) is 13.5. The molecule has 0 aromatic heterocycles. The molecule has 1 aromatic rings. The average Bonchev–Trinajstić information content (AvgIpc) is 2.55. The number of carbonyl (C=O) groups excluding carboxylic acids is 1. The highest BCUT2D eigenvalue weighted by atomic mass is 16.6. The van der Waals surface area contributed by atoms with E-state index in [1.807, 2.05) is 44.2 Å². The molecule has 1 heterocycles. The second-order valence-corrected chi connectivity index (χ2v) is 5.21. The topological polar surface area (TPSA) is 47.9 Å². The van der Waals surface area contributed by atoms with E-state index in [2.05, 4.69) is 11.9 Å². The Morgan fingerprint density at radius 2 is 2.00 bits per heavy atom. The fourth-order valence-electron chi connectivity index (χ4n) is 2.42. The molecule has 1 aromatic carbocycles. The van der Waals surface area contributed by atoms with E-state index in [9.17, 15) is 4.79 Å². The Labute approximate surface area is 131 Å². The van der Waals surface area contributed by atoms with Gasteiger partial charge in [-0.15, -0.1) is 0 Å². The van der Waals surface area contributed by atoms with Gasteiger partial charge in [-0.25, -0.2) is 0 Å². The number of cyclic esters (lactones) is 1. The van der Waals surface area contributed by atoms with Crippen LogP contribution in [0.1, 0.15) is 45.6 Å². The molecule has 1 atom stereocenters. The summed E-state index contributed by atoms with van der Waals surface area (Å²) in [5.74, 6) is 0.653. The molecule has 0 aliphatic carbocycles. The van der Waals surface area contributed by atoms with Crippen molar-refractivity contribution < 1.29 is 14.3 Å². The third kappa shape index (κ3) is 3.75. The van der Waals surface area contributed by atoms with Gasteiger partial charge in [-0.2, -0.15) is 4.99 Å². The molecule has 4 heteroatoms. The van der Waals surface area contributed by atoms with Gasteiger partial charge in [0.1, 0.15) is 0 Å². The van der Waals surface area contributed by atoms with Gasteiger partial charge in [0.25, 0.3) is 0 Å². The average molecular weight is 301 g/mol. The van der Waals surface area contributed by atoms with E-state index >= 15 is 0 Å². The summed E-state index contributed by atoms with van der Waals surface area (Å²) >= 11 is 0. The Balaban J connectivity index is 2.37. The number of esters is 1. The number of hydrogen-bond acceptors (Lipinski definition) is 4. The van der Waals surface area contributed by atoms with Crippen LogP contribution in [0.2, 0.25) is 0 Å². The molecule has 0 saturated heterocycles. The van der Waals surface area contributed by atoms with Crippen LogP contribution in [-0.2, 0) is 14.3 Å². The van der Waals surface area contributed by atoms with Crippen LogP contribution in [0, 0.1) is 5.92 Å². The van der Waals surface area contributed by atoms with Gasteiger partial charge in [0.2, 0.25) is 11.8 Å². The molecule has 118 valence electrons. The maximum Gasteiger partial charge on any atom is 0.315 e. The second kappa shape index (κ2) is 7.78. The lowest BCUT2D eigenvalue weighted by Crippen LogP contribution is -2.23. The van der Waals surface area contributed by atoms with Gasteiger partial charge >= 0.3 is 5.97 Å². The zero-order valence-corrected chi connectivity index (χ0v) is 13.5. The predicted octanol–water partition coefficient (Wildman–Crippen LogP) is 4.06. The standard InChI is InChI=1S/C18H23NO3/c1-4-13-12-14(5-2)18(20)22-17(13)19-16(21-6-3)15-10-8-7-9-11-15/h7-11,14H,4-6,12H2,1-3H3/b19-16+. The lowest BCUT2D eigenvalue weighted by molar-refractivity contribution is -0.146. The Bertz CT molecular complexity index is 575. The van der Waals surface area contributed by atoms with Crippen LogP contribution >= 0.6 is 0 Å². The van der Waals surface area contributed by atoms with Crippen molar-refractivity contribution in [3.63, 3.8) is 0 Å². The minimum Gasteiger partial charge on any atom is -0.477 e. The molecule has 0 saturated carbocycles. The van der Waals surface area contributed by atoms with E-state index in [-0.39, 0.29) is 11.9 Å². The van der Waals surface area contributed by atoms with Crippen LogP contribution in [0.25, 0.3) is 0 Å². The van der Waals surface area contributed by atoms with E-state index < -0.39 is 0 Å². The van der Waals surface area contributed by atoms with Crippen LogP contribution in [0.5, 0.6) is 0 Å². The van der Waals surface area contributed by atoms with Crippen LogP contribution in [-0.4, -0.2) is 18.5 Å². The Kier molecular flexibility index (Phi) is 5.75. The van der Waals surface area contributed by atoms with Crippen molar-refractivity contribution in [2.24, 2.45) is 10.9 Å². The number of nitrogens with zero attached hydrogens (tertiary/aromatic N) is 1. The monoisotopic (exact) mass is 301 g/mol. The zero-order chi connectivity index (χ0) is 15.9. The van der Waals surface area contributed by atoms with E-state index in [1.54, 1.807) is 0 Å². The Morgan fingerprint density at radius 1 is 1.27 bits per heavy atom. The molecule has 0 N–H and O–H groups in total. The molecule has 0 bridgehead atoms. The molecule has 22 heavy (non-hydrogen) atoms. The molecular weight excluding hydrogens is 278 g/mol. The summed E-state index contributed by atoms with van der Waals surface area (Å²) in [6.45, 7) is 6.48. The Hall–Kier alpha value is -2.10. The van der Waals surface area contributed by atoms with Gasteiger partial charge in [-0.05, 0) is 43.9 Å². The summed E-state index contributed by atoms with van der Waals surface area (Å²) in [6, 6.07) is 9.66. The van der Waals surface area contributed by atoms with Gasteiger partial charge in [0.15, 0.2) is 0 Å². The SMILES string of the molecule is CCO/C(=N/C1=C(CC)CC(CC)C(=O)O1)c1ccccc1. The van der Waals surface area contributed by atoms with E-state index in [0.29, 0.717) is 18.4 Å². The molecule has 0 amide bonds. The van der Waals surface area contributed by atoms with Gasteiger partial charge in [0.05, 0.1) is 12.5 Å². The summed E-state index contributed by atoms with van der Waals surface area (Å²) < 4.78 is 11.1. The molecule has 2 rings (SSSR count). The molecule has 0 fully saturated rings. The fraction of sp³-hybridized carbons (Fsp3) is 0.444. The molecule has 0 radical (unpaired) electrons. The van der Waals surface area contributed by atoms with Crippen molar-refractivity contribution in [2.75, 3.05) is 6.61 Å². The van der Waals surface area contributed by atoms with Crippen molar-refractivity contribution in [1.82, 2.24) is 0 Å². The first kappa shape index (κ1) is 16.3. The minimum atomic E-state index is -0.192. The van der Waals surface area contributed by atoms with Gasteiger partial charge in [-0.1, -0.05) is 32.0 Å². The van der Waals surface area contributed by atoms with E-state index in [0.717, 1.165) is 30.4 Å². The third-order valence-electron chi connectivity index (χ3n) is 3.75. The summed E-state index contributed by atoms with van der Waals surface area (Å²) in [5.41, 5.74) is 1.94. The molecular formula is C18H23NO3. The number of allylic oxidation sites excluding steroid dienone is 1. The predicted molar refractivity (Wildman–Crippen MR) is 86.4 cm³/mol. The maximum absolute atomic E-state index is 12.0. The quantitative estimate of drug-likeness (QED) is 0.468. The Morgan fingerprint density at radius 3 is 2.59 bits per heavy atom.